The molecule has 0 nitrogen and oxygen atoms in total. The first-order valence-electron chi connectivity index (χ1n) is 5.96. The van der Waals surface area contributed by atoms with Gasteiger partial charge in [0, 0.05) is 5.92 Å². The van der Waals surface area contributed by atoms with Gasteiger partial charge in [-0.25, -0.2) is 0 Å². The average Bonchev–Trinajstić information content (AvgIpc) is 2.34. The van der Waals surface area contributed by atoms with Gasteiger partial charge in [-0.3, -0.25) is 0 Å². The highest BCUT2D eigenvalue weighted by molar-refractivity contribution is 7.22. The van der Waals surface area contributed by atoms with E-state index in [1.54, 1.807) is 0 Å². The van der Waals surface area contributed by atoms with Gasteiger partial charge < -0.3 is 0 Å². The summed E-state index contributed by atoms with van der Waals surface area (Å²) >= 11 is 0. The third kappa shape index (κ3) is 3.61. The van der Waals surface area contributed by atoms with E-state index in [1.807, 2.05) is 13.8 Å². The smallest absolute Gasteiger partial charge is 0.00561 e. The van der Waals surface area contributed by atoms with Crippen molar-refractivity contribution >= 4 is 9.24 Å². The van der Waals surface area contributed by atoms with Crippen LogP contribution in [0.5, 0.6) is 0 Å². The van der Waals surface area contributed by atoms with Crippen LogP contribution in [0.1, 0.15) is 37.3 Å². The highest BCUT2D eigenvalue weighted by atomic mass is 31.0. The lowest BCUT2D eigenvalue weighted by Crippen LogP contribution is -1.96. The molecule has 1 aromatic carbocycles. The fraction of sp³-hybridized carbons (Fsp3) is 0.333. The van der Waals surface area contributed by atoms with Crippen LogP contribution < -0.4 is 0 Å². The second kappa shape index (κ2) is 6.66. The molecule has 0 spiro atoms. The molecule has 2 atom stereocenters. The topological polar surface area (TPSA) is 0 Å². The Bertz CT molecular complexity index is 371. The zero-order chi connectivity index (χ0) is 12.0. The van der Waals surface area contributed by atoms with Crippen LogP contribution in [-0.4, -0.2) is 0 Å². The van der Waals surface area contributed by atoms with E-state index < -0.39 is 0 Å². The minimum atomic E-state index is 0.569. The monoisotopic (exact) mass is 232 g/mol. The quantitative estimate of drug-likeness (QED) is 0.609. The molecule has 0 bridgehead atoms. The molecule has 1 aliphatic carbocycles. The molecule has 0 amide bonds. The van der Waals surface area contributed by atoms with Crippen LogP contribution in [0.3, 0.4) is 0 Å². The fourth-order valence-corrected chi connectivity index (χ4v) is 1.94. The first kappa shape index (κ1) is 13.2. The van der Waals surface area contributed by atoms with Crippen molar-refractivity contribution in [2.75, 3.05) is 0 Å². The van der Waals surface area contributed by atoms with Crippen molar-refractivity contribution in [1.82, 2.24) is 0 Å². The lowest BCUT2D eigenvalue weighted by atomic mass is 9.92. The van der Waals surface area contributed by atoms with Crippen LogP contribution in [0, 0.1) is 6.92 Å². The molecule has 0 aromatic heterocycles. The molecule has 16 heavy (non-hydrogen) atoms. The van der Waals surface area contributed by atoms with Crippen LogP contribution >= 0.6 is 9.24 Å². The Labute approximate surface area is 102 Å². The Morgan fingerprint density at radius 2 is 1.75 bits per heavy atom. The van der Waals surface area contributed by atoms with Gasteiger partial charge in [0.2, 0.25) is 0 Å². The van der Waals surface area contributed by atoms with E-state index in [0.717, 1.165) is 6.42 Å². The SMILES string of the molecule is CC.Cc1ccc(C2C=CC(P)=CC2)cc1. The molecular formula is C15H21P. The van der Waals surface area contributed by atoms with E-state index in [0.29, 0.717) is 5.92 Å². The van der Waals surface area contributed by atoms with E-state index in [-0.39, 0.29) is 0 Å². The van der Waals surface area contributed by atoms with E-state index in [1.165, 1.54) is 16.4 Å². The predicted octanol–water partition coefficient (Wildman–Crippen LogP) is 4.82. The number of allylic oxidation sites excluding steroid dienone is 4. The van der Waals surface area contributed by atoms with Gasteiger partial charge in [0.05, 0.1) is 0 Å². The molecule has 86 valence electrons. The van der Waals surface area contributed by atoms with Gasteiger partial charge in [-0.2, -0.15) is 0 Å². The highest BCUT2D eigenvalue weighted by Crippen LogP contribution is 2.28. The van der Waals surface area contributed by atoms with Crippen LogP contribution in [-0.2, 0) is 0 Å². The van der Waals surface area contributed by atoms with Crippen molar-refractivity contribution in [3.63, 3.8) is 0 Å². The van der Waals surface area contributed by atoms with E-state index >= 15 is 0 Å². The molecule has 0 saturated carbocycles. The van der Waals surface area contributed by atoms with Gasteiger partial charge in [-0.05, 0) is 24.2 Å². The number of benzene rings is 1. The second-order valence-electron chi connectivity index (χ2n) is 3.82. The molecule has 2 rings (SSSR count). The maximum Gasteiger partial charge on any atom is 0.00561 e. The Kier molecular flexibility index (Phi) is 5.49. The average molecular weight is 232 g/mol. The van der Waals surface area contributed by atoms with Gasteiger partial charge in [0.15, 0.2) is 0 Å². The van der Waals surface area contributed by atoms with Gasteiger partial charge in [0.25, 0.3) is 0 Å². The largest absolute Gasteiger partial charge is 0.106 e. The number of aryl methyl sites for hydroxylation is 1. The first-order valence-corrected chi connectivity index (χ1v) is 6.54. The summed E-state index contributed by atoms with van der Waals surface area (Å²) in [5, 5.41) is 1.30. The lowest BCUT2D eigenvalue weighted by molar-refractivity contribution is 0.851. The number of hydrogen-bond acceptors (Lipinski definition) is 0. The van der Waals surface area contributed by atoms with Crippen LogP contribution in [0.15, 0.2) is 47.8 Å². The predicted molar refractivity (Wildman–Crippen MR) is 76.8 cm³/mol. The normalized spacial score (nSPS) is 18.5. The molecule has 1 heteroatoms. The van der Waals surface area contributed by atoms with Crippen molar-refractivity contribution in [2.45, 2.75) is 33.1 Å². The maximum atomic E-state index is 2.74. The standard InChI is InChI=1S/C13H15P.C2H6/c1-10-2-4-11(5-3-10)12-6-8-13(14)9-7-12;1-2/h2-6,8-9,12H,7,14H2,1H3;1-2H3. The Balaban J connectivity index is 0.000000606. The molecule has 1 aliphatic rings. The molecule has 0 radical (unpaired) electrons. The zero-order valence-corrected chi connectivity index (χ0v) is 11.6. The van der Waals surface area contributed by atoms with Gasteiger partial charge in [0.1, 0.15) is 0 Å². The molecule has 0 fully saturated rings. The van der Waals surface area contributed by atoms with Crippen molar-refractivity contribution in [3.8, 4) is 0 Å². The molecule has 0 saturated heterocycles. The molecule has 0 aliphatic heterocycles. The summed E-state index contributed by atoms with van der Waals surface area (Å²) in [5.41, 5.74) is 2.75. The van der Waals surface area contributed by atoms with E-state index in [4.69, 9.17) is 0 Å². The Morgan fingerprint density at radius 1 is 1.12 bits per heavy atom. The Hall–Kier alpha value is -0.870. The van der Waals surface area contributed by atoms with Crippen molar-refractivity contribution < 1.29 is 0 Å². The summed E-state index contributed by atoms with van der Waals surface area (Å²) < 4.78 is 0. The van der Waals surface area contributed by atoms with Crippen molar-refractivity contribution in [1.29, 1.82) is 0 Å². The first-order chi connectivity index (χ1) is 7.75. The molecule has 2 unspecified atom stereocenters. The number of rotatable bonds is 1. The van der Waals surface area contributed by atoms with Crippen LogP contribution in [0.2, 0.25) is 0 Å². The summed E-state index contributed by atoms with van der Waals surface area (Å²) in [5.74, 6) is 0.569. The van der Waals surface area contributed by atoms with Crippen LogP contribution in [0.25, 0.3) is 0 Å². The molecule has 0 heterocycles. The summed E-state index contributed by atoms with van der Waals surface area (Å²) in [6.45, 7) is 6.13. The summed E-state index contributed by atoms with van der Waals surface area (Å²) in [6, 6.07) is 8.82. The zero-order valence-electron chi connectivity index (χ0n) is 10.4. The lowest BCUT2D eigenvalue weighted by Gasteiger charge is -2.15. The maximum absolute atomic E-state index is 2.74. The summed E-state index contributed by atoms with van der Waals surface area (Å²) in [7, 11) is 2.74. The van der Waals surface area contributed by atoms with Crippen molar-refractivity contribution in [3.05, 3.63) is 58.9 Å². The van der Waals surface area contributed by atoms with E-state index in [2.05, 4.69) is 58.7 Å². The van der Waals surface area contributed by atoms with Gasteiger partial charge in [-0.1, -0.05) is 61.9 Å². The minimum absolute atomic E-state index is 0.569. The third-order valence-corrected chi connectivity index (χ3v) is 3.06. The second-order valence-corrected chi connectivity index (χ2v) is 4.48. The van der Waals surface area contributed by atoms with E-state index in [9.17, 15) is 0 Å². The summed E-state index contributed by atoms with van der Waals surface area (Å²) in [6.07, 6.45) is 7.86. The summed E-state index contributed by atoms with van der Waals surface area (Å²) in [4.78, 5) is 0. The Morgan fingerprint density at radius 3 is 2.25 bits per heavy atom. The van der Waals surface area contributed by atoms with Crippen LogP contribution in [0.4, 0.5) is 0 Å². The molecule has 0 N–H and O–H groups in total. The van der Waals surface area contributed by atoms with Gasteiger partial charge in [-0.15, -0.1) is 9.24 Å². The highest BCUT2D eigenvalue weighted by Gasteiger charge is 2.08. The molecular weight excluding hydrogens is 211 g/mol. The minimum Gasteiger partial charge on any atom is -0.106 e. The number of hydrogen-bond donors (Lipinski definition) is 0. The van der Waals surface area contributed by atoms with Crippen molar-refractivity contribution in [2.24, 2.45) is 0 Å². The van der Waals surface area contributed by atoms with Gasteiger partial charge >= 0.3 is 0 Å². The molecule has 1 aromatic rings. The fourth-order valence-electron chi connectivity index (χ4n) is 1.70. The third-order valence-electron chi connectivity index (χ3n) is 2.63.